The molecule has 3 rings (SSSR count). The van der Waals surface area contributed by atoms with Gasteiger partial charge in [-0.15, -0.1) is 0 Å². The van der Waals surface area contributed by atoms with Crippen LogP contribution >= 0.6 is 11.3 Å². The molecular weight excluding hydrogens is 414 g/mol. The van der Waals surface area contributed by atoms with Gasteiger partial charge in [-0.25, -0.2) is 18.1 Å². The van der Waals surface area contributed by atoms with Gasteiger partial charge in [-0.05, 0) is 45.0 Å². The Morgan fingerprint density at radius 3 is 2.62 bits per heavy atom. The molecule has 0 radical (unpaired) electrons. The van der Waals surface area contributed by atoms with E-state index >= 15 is 0 Å². The first-order chi connectivity index (χ1) is 13.6. The number of nitrogens with zero attached hydrogens (tertiary/aromatic N) is 2. The molecular formula is C19H23N3O5S2. The molecule has 0 spiro atoms. The van der Waals surface area contributed by atoms with E-state index in [2.05, 4.69) is 9.71 Å². The first-order valence-electron chi connectivity index (χ1n) is 8.91. The van der Waals surface area contributed by atoms with E-state index < -0.39 is 21.5 Å². The number of amides is 1. The van der Waals surface area contributed by atoms with E-state index in [9.17, 15) is 13.2 Å². The lowest BCUT2D eigenvalue weighted by molar-refractivity contribution is 0.0944. The van der Waals surface area contributed by atoms with Gasteiger partial charge in [0.2, 0.25) is 5.09 Å². The Morgan fingerprint density at radius 2 is 1.97 bits per heavy atom. The van der Waals surface area contributed by atoms with E-state index in [0.717, 1.165) is 10.2 Å². The number of benzene rings is 1. The Labute approximate surface area is 173 Å². The zero-order valence-electron chi connectivity index (χ0n) is 16.6. The maximum atomic E-state index is 13.1. The van der Waals surface area contributed by atoms with Crippen molar-refractivity contribution in [3.63, 3.8) is 0 Å². The fourth-order valence-corrected chi connectivity index (χ4v) is 4.95. The summed E-state index contributed by atoms with van der Waals surface area (Å²) < 4.78 is 38.9. The van der Waals surface area contributed by atoms with Crippen molar-refractivity contribution in [3.8, 4) is 0 Å². The Balaban J connectivity index is 1.92. The normalized spacial score (nSPS) is 12.4. The quantitative estimate of drug-likeness (QED) is 0.609. The number of furan rings is 1. The van der Waals surface area contributed by atoms with Gasteiger partial charge in [0.05, 0.1) is 23.4 Å². The van der Waals surface area contributed by atoms with Crippen LogP contribution in [0.15, 0.2) is 45.9 Å². The second kappa shape index (κ2) is 8.23. The fourth-order valence-electron chi connectivity index (χ4n) is 2.61. The van der Waals surface area contributed by atoms with Crippen molar-refractivity contribution in [2.24, 2.45) is 0 Å². The summed E-state index contributed by atoms with van der Waals surface area (Å²) in [6.45, 7) is 5.70. The van der Waals surface area contributed by atoms with Gasteiger partial charge >= 0.3 is 0 Å². The number of hydrogen-bond acceptors (Lipinski definition) is 7. The van der Waals surface area contributed by atoms with Gasteiger partial charge in [-0.3, -0.25) is 9.69 Å². The molecule has 0 atom stereocenters. The van der Waals surface area contributed by atoms with Crippen LogP contribution in [-0.4, -0.2) is 45.1 Å². The summed E-state index contributed by atoms with van der Waals surface area (Å²) in [6.07, 6.45) is 0. The summed E-state index contributed by atoms with van der Waals surface area (Å²) in [5.74, 6) is -0.576. The molecule has 0 aliphatic rings. The summed E-state index contributed by atoms with van der Waals surface area (Å²) in [5.41, 5.74) is 0.0983. The molecule has 156 valence electrons. The van der Waals surface area contributed by atoms with E-state index in [1.54, 1.807) is 20.8 Å². The van der Waals surface area contributed by atoms with E-state index in [-0.39, 0.29) is 17.4 Å². The third-order valence-corrected chi connectivity index (χ3v) is 6.46. The number of hydrogen-bond donors (Lipinski definition) is 1. The third kappa shape index (κ3) is 5.02. The molecule has 2 aromatic heterocycles. The molecule has 29 heavy (non-hydrogen) atoms. The molecule has 0 bridgehead atoms. The number of thiazole rings is 1. The molecule has 3 aromatic rings. The fraction of sp³-hybridized carbons (Fsp3) is 0.368. The minimum absolute atomic E-state index is 0.0883. The Hall–Kier alpha value is -2.27. The number of sulfonamides is 1. The average Bonchev–Trinajstić information content (AvgIpc) is 3.27. The minimum atomic E-state index is -3.88. The molecule has 8 nitrogen and oxygen atoms in total. The number of nitrogens with one attached hydrogen (secondary N) is 1. The van der Waals surface area contributed by atoms with Crippen LogP contribution in [-0.2, 0) is 14.8 Å². The Morgan fingerprint density at radius 1 is 1.24 bits per heavy atom. The van der Waals surface area contributed by atoms with Gasteiger partial charge in [-0.2, -0.15) is 0 Å². The SMILES string of the molecule is COCCN(C(=O)c1ccc(S(=O)(=O)NC(C)(C)C)o1)c1nc2ccccc2s1. The first-order valence-corrected chi connectivity index (χ1v) is 11.2. The molecule has 1 N–H and O–H groups in total. The number of carbonyl (C=O) groups excluding carboxylic acids is 1. The molecule has 0 aliphatic heterocycles. The highest BCUT2D eigenvalue weighted by atomic mass is 32.2. The van der Waals surface area contributed by atoms with Gasteiger partial charge in [0.1, 0.15) is 0 Å². The molecule has 0 fully saturated rings. The van der Waals surface area contributed by atoms with Crippen molar-refractivity contribution in [2.45, 2.75) is 31.4 Å². The minimum Gasteiger partial charge on any atom is -0.438 e. The number of rotatable bonds is 7. The monoisotopic (exact) mass is 437 g/mol. The summed E-state index contributed by atoms with van der Waals surface area (Å²) in [6, 6.07) is 10.2. The topological polar surface area (TPSA) is 102 Å². The smallest absolute Gasteiger partial charge is 0.295 e. The van der Waals surface area contributed by atoms with Crippen LogP contribution in [0, 0.1) is 0 Å². The van der Waals surface area contributed by atoms with Gasteiger partial charge in [0.25, 0.3) is 15.9 Å². The summed E-state index contributed by atoms with van der Waals surface area (Å²) in [7, 11) is -2.35. The zero-order chi connectivity index (χ0) is 21.2. The zero-order valence-corrected chi connectivity index (χ0v) is 18.3. The number of para-hydroxylation sites is 1. The highest BCUT2D eigenvalue weighted by molar-refractivity contribution is 7.89. The van der Waals surface area contributed by atoms with Gasteiger partial charge in [0, 0.05) is 12.6 Å². The lowest BCUT2D eigenvalue weighted by Crippen LogP contribution is -2.40. The van der Waals surface area contributed by atoms with Crippen LogP contribution in [0.3, 0.4) is 0 Å². The summed E-state index contributed by atoms with van der Waals surface area (Å²) in [5, 5.41) is 0.175. The molecule has 10 heteroatoms. The molecule has 0 aliphatic carbocycles. The third-order valence-electron chi connectivity index (χ3n) is 3.78. The Bertz CT molecular complexity index is 1080. The van der Waals surface area contributed by atoms with Crippen LogP contribution in [0.5, 0.6) is 0 Å². The number of methoxy groups -OCH3 is 1. The Kier molecular flexibility index (Phi) is 6.08. The number of carbonyl (C=O) groups is 1. The maximum Gasteiger partial charge on any atom is 0.295 e. The molecule has 0 saturated carbocycles. The van der Waals surface area contributed by atoms with Crippen molar-refractivity contribution in [1.82, 2.24) is 9.71 Å². The van der Waals surface area contributed by atoms with E-state index in [4.69, 9.17) is 9.15 Å². The molecule has 1 amide bonds. The van der Waals surface area contributed by atoms with E-state index in [0.29, 0.717) is 11.7 Å². The molecule has 0 saturated heterocycles. The van der Waals surface area contributed by atoms with Gasteiger partial charge in [0.15, 0.2) is 10.9 Å². The highest BCUT2D eigenvalue weighted by Crippen LogP contribution is 2.30. The van der Waals surface area contributed by atoms with Crippen molar-refractivity contribution in [3.05, 3.63) is 42.2 Å². The second-order valence-electron chi connectivity index (χ2n) is 7.39. The lowest BCUT2D eigenvalue weighted by Gasteiger charge is -2.19. The van der Waals surface area contributed by atoms with Gasteiger partial charge < -0.3 is 9.15 Å². The van der Waals surface area contributed by atoms with Crippen molar-refractivity contribution in [1.29, 1.82) is 0 Å². The van der Waals surface area contributed by atoms with Crippen LogP contribution in [0.2, 0.25) is 0 Å². The number of aromatic nitrogens is 1. The van der Waals surface area contributed by atoms with Crippen LogP contribution < -0.4 is 9.62 Å². The highest BCUT2D eigenvalue weighted by Gasteiger charge is 2.29. The number of fused-ring (bicyclic) bond motifs is 1. The summed E-state index contributed by atoms with van der Waals surface area (Å²) in [4.78, 5) is 19.0. The van der Waals surface area contributed by atoms with Crippen LogP contribution in [0.1, 0.15) is 31.3 Å². The molecule has 1 aromatic carbocycles. The van der Waals surface area contributed by atoms with Gasteiger partial charge in [-0.1, -0.05) is 23.5 Å². The van der Waals surface area contributed by atoms with E-state index in [1.807, 2.05) is 24.3 Å². The van der Waals surface area contributed by atoms with Crippen molar-refractivity contribution < 1.29 is 22.4 Å². The number of ether oxygens (including phenoxy) is 1. The van der Waals surface area contributed by atoms with Crippen molar-refractivity contribution >= 4 is 42.6 Å². The standard InChI is InChI=1S/C19H23N3O5S2/c1-19(2,3)21-29(24,25)16-10-9-14(27-16)17(23)22(11-12-26-4)18-20-13-7-5-6-8-15(13)28-18/h5-10,21H,11-12H2,1-4H3. The predicted octanol–water partition coefficient (Wildman–Crippen LogP) is 3.26. The second-order valence-corrected chi connectivity index (χ2v) is 10.0. The maximum absolute atomic E-state index is 13.1. The van der Waals surface area contributed by atoms with Crippen LogP contribution in [0.4, 0.5) is 5.13 Å². The van der Waals surface area contributed by atoms with Crippen LogP contribution in [0.25, 0.3) is 10.2 Å². The average molecular weight is 438 g/mol. The first kappa shape index (κ1) is 21.4. The lowest BCUT2D eigenvalue weighted by atomic mass is 10.1. The summed E-state index contributed by atoms with van der Waals surface area (Å²) >= 11 is 1.37. The number of anilines is 1. The van der Waals surface area contributed by atoms with E-state index in [1.165, 1.54) is 35.5 Å². The predicted molar refractivity (Wildman–Crippen MR) is 112 cm³/mol. The molecule has 0 unspecified atom stereocenters. The van der Waals surface area contributed by atoms with Crippen molar-refractivity contribution in [2.75, 3.05) is 25.2 Å². The largest absolute Gasteiger partial charge is 0.438 e. The molecule has 2 heterocycles.